The average Bonchev–Trinajstić information content (AvgIpc) is 2.81. The van der Waals surface area contributed by atoms with Gasteiger partial charge in [-0.1, -0.05) is 28.4 Å². The van der Waals surface area contributed by atoms with Gasteiger partial charge in [-0.3, -0.25) is 0 Å². The van der Waals surface area contributed by atoms with Crippen molar-refractivity contribution in [2.75, 3.05) is 5.73 Å². The highest BCUT2D eigenvalue weighted by atomic mass is 35.5. The second-order valence-corrected chi connectivity index (χ2v) is 5.42. The molecule has 0 saturated carbocycles. The van der Waals surface area contributed by atoms with Crippen LogP contribution in [0.3, 0.4) is 0 Å². The molecule has 1 aromatic carbocycles. The fraction of sp³-hybridized carbons (Fsp3) is 0.154. The molecule has 0 radical (unpaired) electrons. The fourth-order valence-corrected chi connectivity index (χ4v) is 2.67. The number of anilines is 1. The Morgan fingerprint density at radius 1 is 1.38 bits per heavy atom. The standard InChI is InChI=1S/C13H8Cl2F3N5O/c1-5(22-24)10-9(4-19)21-23(12(10)20)11-7(14)2-6(3-8(11)15)13(16,17)18/h2-3,24H,20H2,1H3. The monoisotopic (exact) mass is 377 g/mol. The zero-order chi connectivity index (χ0) is 18.2. The molecular weight excluding hydrogens is 370 g/mol. The molecule has 1 heterocycles. The third-order valence-corrected chi connectivity index (χ3v) is 3.67. The van der Waals surface area contributed by atoms with E-state index in [-0.39, 0.29) is 38.5 Å². The van der Waals surface area contributed by atoms with E-state index in [0.717, 1.165) is 4.68 Å². The molecule has 6 nitrogen and oxygen atoms in total. The van der Waals surface area contributed by atoms with Crippen LogP contribution in [0.15, 0.2) is 17.3 Å². The van der Waals surface area contributed by atoms with Crippen molar-refractivity contribution >= 4 is 34.7 Å². The lowest BCUT2D eigenvalue weighted by Gasteiger charge is -2.13. The molecule has 126 valence electrons. The number of nitrogens with zero attached hydrogens (tertiary/aromatic N) is 4. The van der Waals surface area contributed by atoms with E-state index in [1.807, 2.05) is 0 Å². The molecule has 2 aromatic rings. The molecular formula is C13H8Cl2F3N5O. The zero-order valence-corrected chi connectivity index (χ0v) is 13.4. The first-order valence-corrected chi connectivity index (χ1v) is 6.91. The molecule has 1 aromatic heterocycles. The van der Waals surface area contributed by atoms with Crippen LogP contribution in [-0.2, 0) is 6.18 Å². The Morgan fingerprint density at radius 3 is 2.33 bits per heavy atom. The Hall–Kier alpha value is -2.44. The number of nitriles is 1. The van der Waals surface area contributed by atoms with Gasteiger partial charge in [0.1, 0.15) is 17.6 Å². The highest BCUT2D eigenvalue weighted by Gasteiger charge is 2.33. The van der Waals surface area contributed by atoms with Crippen molar-refractivity contribution in [1.29, 1.82) is 5.26 Å². The summed E-state index contributed by atoms with van der Waals surface area (Å²) in [4.78, 5) is 0. The van der Waals surface area contributed by atoms with Gasteiger partial charge in [-0.05, 0) is 19.1 Å². The summed E-state index contributed by atoms with van der Waals surface area (Å²) in [6.07, 6.45) is -4.63. The molecule has 0 unspecified atom stereocenters. The predicted molar refractivity (Wildman–Crippen MR) is 81.7 cm³/mol. The molecule has 2 rings (SSSR count). The molecule has 0 atom stereocenters. The lowest BCUT2D eigenvalue weighted by Crippen LogP contribution is -2.09. The van der Waals surface area contributed by atoms with Crippen LogP contribution < -0.4 is 5.73 Å². The maximum Gasteiger partial charge on any atom is 0.416 e. The van der Waals surface area contributed by atoms with Gasteiger partial charge in [-0.15, -0.1) is 0 Å². The van der Waals surface area contributed by atoms with Gasteiger partial charge in [-0.2, -0.15) is 23.5 Å². The Balaban J connectivity index is 2.75. The highest BCUT2D eigenvalue weighted by molar-refractivity contribution is 6.38. The Bertz CT molecular complexity index is 860. The summed E-state index contributed by atoms with van der Waals surface area (Å²) in [6.45, 7) is 1.37. The molecule has 0 bridgehead atoms. The van der Waals surface area contributed by atoms with Gasteiger partial charge in [0.2, 0.25) is 0 Å². The Labute approximate surface area is 143 Å². The van der Waals surface area contributed by atoms with Gasteiger partial charge in [0, 0.05) is 0 Å². The number of benzene rings is 1. The normalized spacial score (nSPS) is 12.3. The molecule has 0 saturated heterocycles. The Morgan fingerprint density at radius 2 is 1.92 bits per heavy atom. The van der Waals surface area contributed by atoms with E-state index in [1.165, 1.54) is 6.92 Å². The van der Waals surface area contributed by atoms with Crippen LogP contribution in [0, 0.1) is 11.3 Å². The molecule has 0 aliphatic carbocycles. The quantitative estimate of drug-likeness (QED) is 0.471. The van der Waals surface area contributed by atoms with Crippen molar-refractivity contribution in [2.45, 2.75) is 13.1 Å². The third kappa shape index (κ3) is 2.98. The molecule has 3 N–H and O–H groups in total. The van der Waals surface area contributed by atoms with Gasteiger partial charge in [0.15, 0.2) is 5.69 Å². The van der Waals surface area contributed by atoms with Crippen LogP contribution in [0.5, 0.6) is 0 Å². The minimum atomic E-state index is -4.63. The van der Waals surface area contributed by atoms with Crippen molar-refractivity contribution in [2.24, 2.45) is 5.16 Å². The van der Waals surface area contributed by atoms with Gasteiger partial charge >= 0.3 is 6.18 Å². The van der Waals surface area contributed by atoms with Crippen LogP contribution in [0.25, 0.3) is 5.69 Å². The number of oxime groups is 1. The van der Waals surface area contributed by atoms with E-state index in [1.54, 1.807) is 6.07 Å². The fourth-order valence-electron chi connectivity index (χ4n) is 2.02. The number of nitrogens with two attached hydrogens (primary N) is 1. The van der Waals surface area contributed by atoms with Gasteiger partial charge < -0.3 is 10.9 Å². The molecule has 0 fully saturated rings. The van der Waals surface area contributed by atoms with E-state index in [2.05, 4.69) is 10.3 Å². The summed E-state index contributed by atoms with van der Waals surface area (Å²) in [7, 11) is 0. The van der Waals surface area contributed by atoms with Gasteiger partial charge in [0.25, 0.3) is 0 Å². The van der Waals surface area contributed by atoms with E-state index in [0.29, 0.717) is 12.1 Å². The van der Waals surface area contributed by atoms with Gasteiger partial charge in [-0.25, -0.2) is 4.68 Å². The summed E-state index contributed by atoms with van der Waals surface area (Å²) < 4.78 is 39.3. The maximum absolute atomic E-state index is 12.8. The first kappa shape index (κ1) is 17.9. The summed E-state index contributed by atoms with van der Waals surface area (Å²) >= 11 is 11.8. The molecule has 0 amide bonds. The first-order chi connectivity index (χ1) is 11.1. The van der Waals surface area contributed by atoms with Crippen molar-refractivity contribution < 1.29 is 18.4 Å². The number of rotatable bonds is 2. The average molecular weight is 378 g/mol. The van der Waals surface area contributed by atoms with Crippen molar-refractivity contribution in [3.8, 4) is 11.8 Å². The van der Waals surface area contributed by atoms with Crippen LogP contribution in [0.4, 0.5) is 19.0 Å². The summed E-state index contributed by atoms with van der Waals surface area (Å²) in [5.41, 5.74) is 4.52. The highest BCUT2D eigenvalue weighted by Crippen LogP contribution is 2.38. The van der Waals surface area contributed by atoms with Crippen LogP contribution in [-0.4, -0.2) is 20.7 Å². The largest absolute Gasteiger partial charge is 0.416 e. The smallest absolute Gasteiger partial charge is 0.411 e. The number of alkyl halides is 3. The number of nitrogen functional groups attached to an aromatic ring is 1. The van der Waals surface area contributed by atoms with Crippen molar-refractivity contribution in [3.05, 3.63) is 39.0 Å². The molecule has 24 heavy (non-hydrogen) atoms. The molecule has 0 aliphatic rings. The topological polar surface area (TPSA) is 100 Å². The summed E-state index contributed by atoms with van der Waals surface area (Å²) in [6, 6.07) is 3.08. The number of aromatic nitrogens is 2. The SMILES string of the molecule is CC(=NO)c1c(C#N)nn(-c2c(Cl)cc(C(F)(F)F)cc2Cl)c1N. The number of hydrogen-bond donors (Lipinski definition) is 2. The van der Waals surface area contributed by atoms with Crippen LogP contribution in [0.2, 0.25) is 10.0 Å². The van der Waals surface area contributed by atoms with Crippen molar-refractivity contribution in [1.82, 2.24) is 9.78 Å². The molecule has 0 spiro atoms. The number of halogens is 5. The number of hydrogen-bond acceptors (Lipinski definition) is 5. The summed E-state index contributed by atoms with van der Waals surface area (Å²) in [5.74, 6) is -0.162. The molecule has 11 heteroatoms. The Kier molecular flexibility index (Phi) is 4.64. The zero-order valence-electron chi connectivity index (χ0n) is 11.9. The lowest BCUT2D eigenvalue weighted by atomic mass is 10.1. The third-order valence-electron chi connectivity index (χ3n) is 3.09. The van der Waals surface area contributed by atoms with Crippen molar-refractivity contribution in [3.63, 3.8) is 0 Å². The predicted octanol–water partition coefficient (Wildman–Crippen LogP) is 3.85. The van der Waals surface area contributed by atoms with Gasteiger partial charge in [0.05, 0.1) is 26.9 Å². The first-order valence-electron chi connectivity index (χ1n) is 6.16. The van der Waals surface area contributed by atoms with Crippen LogP contribution in [0.1, 0.15) is 23.7 Å². The van der Waals surface area contributed by atoms with Crippen LogP contribution >= 0.6 is 23.2 Å². The van der Waals surface area contributed by atoms with E-state index >= 15 is 0 Å². The maximum atomic E-state index is 12.8. The lowest BCUT2D eigenvalue weighted by molar-refractivity contribution is -0.137. The minimum absolute atomic E-state index is 0.00513. The molecule has 0 aliphatic heterocycles. The second kappa shape index (κ2) is 6.22. The van der Waals surface area contributed by atoms with E-state index < -0.39 is 11.7 Å². The second-order valence-electron chi connectivity index (χ2n) is 4.60. The minimum Gasteiger partial charge on any atom is -0.411 e. The van der Waals surface area contributed by atoms with E-state index in [4.69, 9.17) is 39.4 Å². The van der Waals surface area contributed by atoms with E-state index in [9.17, 15) is 13.2 Å². The summed E-state index contributed by atoms with van der Waals surface area (Å²) in [5, 5.41) is 24.0.